The zero-order chi connectivity index (χ0) is 13.9. The van der Waals surface area contributed by atoms with Crippen molar-refractivity contribution < 1.29 is 27.8 Å². The van der Waals surface area contributed by atoms with Crippen molar-refractivity contribution in [1.29, 1.82) is 0 Å². The van der Waals surface area contributed by atoms with E-state index in [0.29, 0.717) is 12.8 Å². The molecule has 0 bridgehead atoms. The molecular weight excluding hydrogens is 262 g/mol. The average molecular weight is 276 g/mol. The number of alkyl halides is 2. The van der Waals surface area contributed by atoms with Gasteiger partial charge < -0.3 is 14.3 Å². The average Bonchev–Trinajstić information content (AvgIpc) is 2.76. The lowest BCUT2D eigenvalue weighted by molar-refractivity contribution is -0.142. The molecule has 0 amide bonds. The van der Waals surface area contributed by atoms with Crippen molar-refractivity contribution in [3.05, 3.63) is 11.8 Å². The van der Waals surface area contributed by atoms with Gasteiger partial charge in [0.25, 0.3) is 0 Å². The monoisotopic (exact) mass is 276 g/mol. The molecule has 1 aliphatic rings. The number of nitrogens with zero attached hydrogens (tertiary/aromatic N) is 2. The predicted molar refractivity (Wildman–Crippen MR) is 57.7 cm³/mol. The Hall–Kier alpha value is -1.57. The molecule has 0 aliphatic heterocycles. The number of hydrogen-bond donors (Lipinski definition) is 1. The fourth-order valence-corrected chi connectivity index (χ4v) is 2.10. The fourth-order valence-electron chi connectivity index (χ4n) is 2.10. The predicted octanol–water partition coefficient (Wildman–Crippen LogP) is 1.96. The molecule has 106 valence electrons. The first kappa shape index (κ1) is 13.9. The molecule has 0 aromatic carbocycles. The van der Waals surface area contributed by atoms with Crippen molar-refractivity contribution in [3.63, 3.8) is 0 Å². The zero-order valence-corrected chi connectivity index (χ0v) is 10.1. The van der Waals surface area contributed by atoms with E-state index < -0.39 is 24.4 Å². The molecule has 1 atom stereocenters. The summed E-state index contributed by atoms with van der Waals surface area (Å²) in [6.07, 6.45) is 0.620. The number of aromatic nitrogens is 2. The van der Waals surface area contributed by atoms with Crippen LogP contribution in [0.25, 0.3) is 0 Å². The maximum absolute atomic E-state index is 13.3. The van der Waals surface area contributed by atoms with Crippen molar-refractivity contribution in [1.82, 2.24) is 10.2 Å². The summed E-state index contributed by atoms with van der Waals surface area (Å²) in [4.78, 5) is 10.2. The van der Waals surface area contributed by atoms with Gasteiger partial charge in [0.05, 0.1) is 0 Å². The summed E-state index contributed by atoms with van der Waals surface area (Å²) in [5, 5.41) is 15.8. The minimum absolute atomic E-state index is 0.102. The van der Waals surface area contributed by atoms with Gasteiger partial charge in [-0.2, -0.15) is 0 Å². The second-order valence-electron chi connectivity index (χ2n) is 4.57. The third-order valence-corrected chi connectivity index (χ3v) is 2.92. The zero-order valence-electron chi connectivity index (χ0n) is 10.1. The third kappa shape index (κ3) is 3.95. The maximum atomic E-state index is 13.3. The van der Waals surface area contributed by atoms with Crippen LogP contribution in [0.2, 0.25) is 0 Å². The largest absolute Gasteiger partial charge is 0.480 e. The van der Waals surface area contributed by atoms with Crippen molar-refractivity contribution in [2.45, 2.75) is 44.1 Å². The Morgan fingerprint density at radius 2 is 2.32 bits per heavy atom. The molecule has 1 N–H and O–H groups in total. The molecule has 8 heteroatoms. The Bertz CT molecular complexity index is 450. The van der Waals surface area contributed by atoms with Gasteiger partial charge in [-0.25, -0.2) is 13.6 Å². The number of carboxylic acid groups (broad SMARTS) is 1. The van der Waals surface area contributed by atoms with Crippen molar-refractivity contribution in [3.8, 4) is 0 Å². The number of ether oxygens (including phenoxy) is 1. The summed E-state index contributed by atoms with van der Waals surface area (Å²) < 4.78 is 36.5. The van der Waals surface area contributed by atoms with Gasteiger partial charge in [0.15, 0.2) is 0 Å². The van der Waals surface area contributed by atoms with E-state index in [1.165, 1.54) is 0 Å². The SMILES string of the molecule is O=C(O)COCc1nnc(C2CCCC(F)(F)C2)o1. The van der Waals surface area contributed by atoms with E-state index in [9.17, 15) is 13.6 Å². The highest BCUT2D eigenvalue weighted by Gasteiger charge is 2.38. The Labute approximate surface area is 107 Å². The van der Waals surface area contributed by atoms with Crippen LogP contribution in [0.4, 0.5) is 8.78 Å². The number of halogens is 2. The summed E-state index contributed by atoms with van der Waals surface area (Å²) in [7, 11) is 0. The molecule has 19 heavy (non-hydrogen) atoms. The normalized spacial score (nSPS) is 22.3. The molecule has 0 spiro atoms. The van der Waals surface area contributed by atoms with E-state index in [1.54, 1.807) is 0 Å². The van der Waals surface area contributed by atoms with E-state index >= 15 is 0 Å². The number of hydrogen-bond acceptors (Lipinski definition) is 5. The highest BCUT2D eigenvalue weighted by molar-refractivity contribution is 5.67. The lowest BCUT2D eigenvalue weighted by atomic mass is 9.86. The number of carboxylic acids is 1. The van der Waals surface area contributed by atoms with Gasteiger partial charge in [-0.3, -0.25) is 0 Å². The molecule has 0 radical (unpaired) electrons. The molecule has 1 aliphatic carbocycles. The Morgan fingerprint density at radius 3 is 3.00 bits per heavy atom. The summed E-state index contributed by atoms with van der Waals surface area (Å²) in [5.74, 6) is -3.95. The fraction of sp³-hybridized carbons (Fsp3) is 0.727. The molecule has 1 fully saturated rings. The Balaban J connectivity index is 1.91. The number of rotatable bonds is 5. The molecule has 0 saturated heterocycles. The quantitative estimate of drug-likeness (QED) is 0.884. The third-order valence-electron chi connectivity index (χ3n) is 2.92. The van der Waals surface area contributed by atoms with E-state index in [2.05, 4.69) is 10.2 Å². The van der Waals surface area contributed by atoms with E-state index in [-0.39, 0.29) is 31.2 Å². The molecule has 1 heterocycles. The van der Waals surface area contributed by atoms with Gasteiger partial charge in [0, 0.05) is 18.8 Å². The first-order valence-electron chi connectivity index (χ1n) is 5.96. The first-order valence-corrected chi connectivity index (χ1v) is 5.96. The Kier molecular flexibility index (Phi) is 4.08. The van der Waals surface area contributed by atoms with E-state index in [0.717, 1.165) is 0 Å². The van der Waals surface area contributed by atoms with Crippen LogP contribution < -0.4 is 0 Å². The van der Waals surface area contributed by atoms with Crippen molar-refractivity contribution >= 4 is 5.97 Å². The molecule has 1 aromatic rings. The highest BCUT2D eigenvalue weighted by Crippen LogP contribution is 2.41. The van der Waals surface area contributed by atoms with Gasteiger partial charge in [0.1, 0.15) is 13.2 Å². The van der Waals surface area contributed by atoms with Crippen LogP contribution >= 0.6 is 0 Å². The van der Waals surface area contributed by atoms with Crippen LogP contribution in [-0.4, -0.2) is 33.8 Å². The minimum Gasteiger partial charge on any atom is -0.480 e. The van der Waals surface area contributed by atoms with Crippen LogP contribution in [-0.2, 0) is 16.1 Å². The number of aliphatic carboxylic acids is 1. The van der Waals surface area contributed by atoms with Crippen LogP contribution in [0, 0.1) is 0 Å². The Morgan fingerprint density at radius 1 is 1.53 bits per heavy atom. The number of carbonyl (C=O) groups is 1. The summed E-state index contributed by atoms with van der Waals surface area (Å²) in [5.41, 5.74) is 0. The topological polar surface area (TPSA) is 85.5 Å². The van der Waals surface area contributed by atoms with Crippen molar-refractivity contribution in [2.24, 2.45) is 0 Å². The summed E-state index contributed by atoms with van der Waals surface area (Å²) >= 11 is 0. The molecular formula is C11H14F2N2O4. The molecule has 6 nitrogen and oxygen atoms in total. The minimum atomic E-state index is -2.68. The second kappa shape index (κ2) is 5.60. The molecule has 2 rings (SSSR count). The summed E-state index contributed by atoms with van der Waals surface area (Å²) in [6.45, 7) is -0.609. The standard InChI is InChI=1S/C11H14F2N2O4/c12-11(13)3-1-2-7(4-11)10-15-14-8(19-10)5-18-6-9(16)17/h7H,1-6H2,(H,16,17). The van der Waals surface area contributed by atoms with Crippen molar-refractivity contribution in [2.75, 3.05) is 6.61 Å². The van der Waals surface area contributed by atoms with E-state index in [1.807, 2.05) is 0 Å². The lowest BCUT2D eigenvalue weighted by Crippen LogP contribution is -2.25. The van der Waals surface area contributed by atoms with Crippen LogP contribution in [0.5, 0.6) is 0 Å². The first-order chi connectivity index (χ1) is 8.96. The van der Waals surface area contributed by atoms with Gasteiger partial charge in [0.2, 0.25) is 17.7 Å². The second-order valence-corrected chi connectivity index (χ2v) is 4.57. The smallest absolute Gasteiger partial charge is 0.329 e. The highest BCUT2D eigenvalue weighted by atomic mass is 19.3. The van der Waals surface area contributed by atoms with Gasteiger partial charge in [-0.1, -0.05) is 0 Å². The van der Waals surface area contributed by atoms with E-state index in [4.69, 9.17) is 14.3 Å². The maximum Gasteiger partial charge on any atom is 0.329 e. The van der Waals surface area contributed by atoms with Gasteiger partial charge in [-0.15, -0.1) is 10.2 Å². The lowest BCUT2D eigenvalue weighted by Gasteiger charge is -2.26. The molecule has 1 unspecified atom stereocenters. The summed E-state index contributed by atoms with van der Waals surface area (Å²) in [6, 6.07) is 0. The molecule has 1 saturated carbocycles. The van der Waals surface area contributed by atoms with Crippen LogP contribution in [0.3, 0.4) is 0 Å². The van der Waals surface area contributed by atoms with Crippen LogP contribution in [0.1, 0.15) is 43.4 Å². The van der Waals surface area contributed by atoms with Crippen LogP contribution in [0.15, 0.2) is 4.42 Å². The van der Waals surface area contributed by atoms with Gasteiger partial charge >= 0.3 is 5.97 Å². The van der Waals surface area contributed by atoms with Gasteiger partial charge in [-0.05, 0) is 12.8 Å². The molecule has 1 aromatic heterocycles.